The van der Waals surface area contributed by atoms with Crippen LogP contribution in [0.3, 0.4) is 0 Å². The molecule has 0 saturated heterocycles. The lowest BCUT2D eigenvalue weighted by molar-refractivity contribution is -0.142. The van der Waals surface area contributed by atoms with Crippen LogP contribution in [-0.4, -0.2) is 67.3 Å². The highest BCUT2D eigenvalue weighted by Gasteiger charge is 2.30. The van der Waals surface area contributed by atoms with Gasteiger partial charge in [-0.25, -0.2) is 9.59 Å². The number of carboxylic acids is 1. The molecular formula is C25H31N3O5. The maximum atomic E-state index is 12.7. The van der Waals surface area contributed by atoms with Gasteiger partial charge in [0.05, 0.1) is 0 Å². The first-order valence-electron chi connectivity index (χ1n) is 11.1. The Hall–Kier alpha value is -3.39. The van der Waals surface area contributed by atoms with Crippen molar-refractivity contribution in [1.29, 1.82) is 0 Å². The zero-order valence-electron chi connectivity index (χ0n) is 19.2. The van der Waals surface area contributed by atoms with E-state index in [2.05, 4.69) is 22.8 Å². The second-order valence-electron chi connectivity index (χ2n) is 8.47. The lowest BCUT2D eigenvalue weighted by atomic mass is 9.98. The van der Waals surface area contributed by atoms with E-state index in [0.29, 0.717) is 12.8 Å². The Labute approximate surface area is 193 Å². The number of fused-ring (bicyclic) bond motifs is 3. The molecule has 0 aromatic heterocycles. The molecule has 33 heavy (non-hydrogen) atoms. The van der Waals surface area contributed by atoms with E-state index in [1.807, 2.05) is 43.3 Å². The highest BCUT2D eigenvalue weighted by molar-refractivity contribution is 5.89. The molecule has 0 spiro atoms. The molecule has 176 valence electrons. The van der Waals surface area contributed by atoms with Crippen LogP contribution in [0.25, 0.3) is 11.1 Å². The molecule has 0 bridgehead atoms. The van der Waals surface area contributed by atoms with E-state index < -0.39 is 30.1 Å². The van der Waals surface area contributed by atoms with Gasteiger partial charge in [0.2, 0.25) is 5.91 Å². The van der Waals surface area contributed by atoms with Gasteiger partial charge in [0.1, 0.15) is 18.7 Å². The molecule has 2 atom stereocenters. The smallest absolute Gasteiger partial charge is 0.407 e. The van der Waals surface area contributed by atoms with Gasteiger partial charge in [0, 0.05) is 12.5 Å². The molecule has 0 saturated carbocycles. The summed E-state index contributed by atoms with van der Waals surface area (Å²) in [7, 11) is 3.53. The van der Waals surface area contributed by atoms with Crippen LogP contribution in [0.5, 0.6) is 0 Å². The molecule has 0 radical (unpaired) electrons. The monoisotopic (exact) mass is 453 g/mol. The second kappa shape index (κ2) is 11.0. The van der Waals surface area contributed by atoms with Crippen LogP contribution < -0.4 is 10.6 Å². The van der Waals surface area contributed by atoms with Crippen molar-refractivity contribution in [1.82, 2.24) is 15.5 Å². The first-order chi connectivity index (χ1) is 15.8. The normalized spacial score (nSPS) is 14.2. The summed E-state index contributed by atoms with van der Waals surface area (Å²) in [4.78, 5) is 38.5. The van der Waals surface area contributed by atoms with Crippen molar-refractivity contribution in [2.75, 3.05) is 27.2 Å². The number of carboxylic acid groups (broad SMARTS) is 1. The summed E-state index contributed by atoms with van der Waals surface area (Å²) in [5.41, 5.74) is 4.45. The topological polar surface area (TPSA) is 108 Å². The van der Waals surface area contributed by atoms with Crippen LogP contribution in [0.4, 0.5) is 4.79 Å². The van der Waals surface area contributed by atoms with E-state index in [-0.39, 0.29) is 19.1 Å². The highest BCUT2D eigenvalue weighted by atomic mass is 16.5. The third kappa shape index (κ3) is 5.90. The number of aliphatic carboxylic acids is 1. The zero-order chi connectivity index (χ0) is 24.0. The molecule has 0 fully saturated rings. The average Bonchev–Trinajstić information content (AvgIpc) is 3.10. The summed E-state index contributed by atoms with van der Waals surface area (Å²) < 4.78 is 5.54. The predicted molar refractivity (Wildman–Crippen MR) is 125 cm³/mol. The Kier molecular flexibility index (Phi) is 8.06. The lowest BCUT2D eigenvalue weighted by Crippen LogP contribution is -2.55. The van der Waals surface area contributed by atoms with E-state index in [1.54, 1.807) is 19.0 Å². The van der Waals surface area contributed by atoms with E-state index in [9.17, 15) is 19.5 Å². The van der Waals surface area contributed by atoms with Gasteiger partial charge in [0.25, 0.3) is 0 Å². The van der Waals surface area contributed by atoms with Crippen molar-refractivity contribution in [3.63, 3.8) is 0 Å². The number of carbonyl (C=O) groups is 3. The number of nitrogens with zero attached hydrogens (tertiary/aromatic N) is 1. The number of alkyl carbamates (subject to hydrolysis) is 1. The summed E-state index contributed by atoms with van der Waals surface area (Å²) in [5.74, 6) is -1.75. The molecule has 2 amide bonds. The minimum Gasteiger partial charge on any atom is -0.480 e. The van der Waals surface area contributed by atoms with E-state index in [1.165, 1.54) is 0 Å². The molecule has 1 aliphatic rings. The Bertz CT molecular complexity index is 962. The summed E-state index contributed by atoms with van der Waals surface area (Å²) in [5, 5.41) is 14.4. The van der Waals surface area contributed by atoms with Crippen molar-refractivity contribution in [2.24, 2.45) is 0 Å². The second-order valence-corrected chi connectivity index (χ2v) is 8.47. The minimum absolute atomic E-state index is 0.0924. The molecular weight excluding hydrogens is 422 g/mol. The van der Waals surface area contributed by atoms with Gasteiger partial charge in [0.15, 0.2) is 0 Å². The predicted octanol–water partition coefficient (Wildman–Crippen LogP) is 2.82. The summed E-state index contributed by atoms with van der Waals surface area (Å²) >= 11 is 0. The number of hydrogen-bond acceptors (Lipinski definition) is 5. The van der Waals surface area contributed by atoms with Gasteiger partial charge in [-0.15, -0.1) is 0 Å². The Morgan fingerprint density at radius 3 is 2.06 bits per heavy atom. The summed E-state index contributed by atoms with van der Waals surface area (Å²) in [6.07, 6.45) is 0.192. The molecule has 0 heterocycles. The summed E-state index contributed by atoms with van der Waals surface area (Å²) in [6, 6.07) is 14.1. The van der Waals surface area contributed by atoms with E-state index in [4.69, 9.17) is 4.74 Å². The Morgan fingerprint density at radius 1 is 0.970 bits per heavy atom. The van der Waals surface area contributed by atoms with Crippen LogP contribution >= 0.6 is 0 Å². The number of benzene rings is 2. The number of likely N-dealkylation sites (N-methyl/N-ethyl adjacent to an activating group) is 1. The Morgan fingerprint density at radius 2 is 1.55 bits per heavy atom. The first-order valence-corrected chi connectivity index (χ1v) is 11.1. The largest absolute Gasteiger partial charge is 0.480 e. The molecule has 8 nitrogen and oxygen atoms in total. The van der Waals surface area contributed by atoms with E-state index in [0.717, 1.165) is 22.3 Å². The van der Waals surface area contributed by atoms with Gasteiger partial charge in [-0.1, -0.05) is 61.9 Å². The van der Waals surface area contributed by atoms with Crippen LogP contribution in [0.1, 0.15) is 36.8 Å². The molecule has 2 aromatic rings. The van der Waals surface area contributed by atoms with Gasteiger partial charge in [-0.2, -0.15) is 0 Å². The van der Waals surface area contributed by atoms with Crippen molar-refractivity contribution < 1.29 is 24.2 Å². The van der Waals surface area contributed by atoms with Crippen LogP contribution in [0, 0.1) is 0 Å². The fourth-order valence-electron chi connectivity index (χ4n) is 4.16. The van der Waals surface area contributed by atoms with Crippen LogP contribution in [0.2, 0.25) is 0 Å². The van der Waals surface area contributed by atoms with Gasteiger partial charge in [-0.05, 0) is 42.8 Å². The standard InChI is InChI=1S/C25H31N3O5/c1-4-9-21(24(30)31)26-23(29)22(14-28(2)3)27-25(32)33-15-20-18-12-7-5-10-16(18)17-11-6-8-13-19(17)20/h5-8,10-13,20-22H,4,9,14-15H2,1-3H3,(H,26,29)(H,27,32)(H,30,31)/t21-,22?/m0/s1. The maximum Gasteiger partial charge on any atom is 0.407 e. The number of carbonyl (C=O) groups excluding carboxylic acids is 2. The average molecular weight is 454 g/mol. The maximum absolute atomic E-state index is 12.7. The molecule has 8 heteroatoms. The van der Waals surface area contributed by atoms with Crippen LogP contribution in [0.15, 0.2) is 48.5 Å². The van der Waals surface area contributed by atoms with Gasteiger partial charge < -0.3 is 25.4 Å². The molecule has 1 aliphatic carbocycles. The minimum atomic E-state index is -1.10. The fourth-order valence-corrected chi connectivity index (χ4v) is 4.16. The number of ether oxygens (including phenoxy) is 1. The van der Waals surface area contributed by atoms with Crippen LogP contribution in [-0.2, 0) is 14.3 Å². The van der Waals surface area contributed by atoms with E-state index >= 15 is 0 Å². The number of rotatable bonds is 10. The first kappa shape index (κ1) is 24.3. The molecule has 0 aliphatic heterocycles. The summed E-state index contributed by atoms with van der Waals surface area (Å²) in [6.45, 7) is 2.17. The third-order valence-electron chi connectivity index (χ3n) is 5.69. The number of hydrogen-bond donors (Lipinski definition) is 3. The fraction of sp³-hybridized carbons (Fsp3) is 0.400. The highest BCUT2D eigenvalue weighted by Crippen LogP contribution is 2.44. The number of nitrogens with one attached hydrogen (secondary N) is 2. The molecule has 2 aromatic carbocycles. The molecule has 3 rings (SSSR count). The zero-order valence-corrected chi connectivity index (χ0v) is 19.2. The third-order valence-corrected chi connectivity index (χ3v) is 5.69. The molecule has 3 N–H and O–H groups in total. The molecule has 1 unspecified atom stereocenters. The van der Waals surface area contributed by atoms with Gasteiger partial charge >= 0.3 is 12.1 Å². The van der Waals surface area contributed by atoms with Crippen molar-refractivity contribution >= 4 is 18.0 Å². The quantitative estimate of drug-likeness (QED) is 0.511. The van der Waals surface area contributed by atoms with Gasteiger partial charge in [-0.3, -0.25) is 4.79 Å². The SMILES string of the molecule is CCC[C@H](NC(=O)C(CN(C)C)NC(=O)OCC1c2ccccc2-c2ccccc21)C(=O)O. The Balaban J connectivity index is 1.66. The van der Waals surface area contributed by atoms with Crippen molar-refractivity contribution in [3.8, 4) is 11.1 Å². The van der Waals surface area contributed by atoms with Crippen molar-refractivity contribution in [2.45, 2.75) is 37.8 Å². The number of amides is 2. The lowest BCUT2D eigenvalue weighted by Gasteiger charge is -2.24. The van der Waals surface area contributed by atoms with Crippen molar-refractivity contribution in [3.05, 3.63) is 59.7 Å².